The van der Waals surface area contributed by atoms with Crippen LogP contribution >= 0.6 is 0 Å². The Hall–Kier alpha value is -1.35. The lowest BCUT2D eigenvalue weighted by Gasteiger charge is -2.32. The van der Waals surface area contributed by atoms with Gasteiger partial charge in [-0.05, 0) is 37.7 Å². The molecule has 0 saturated carbocycles. The largest absolute Gasteiger partial charge is 0.481 e. The fourth-order valence-corrected chi connectivity index (χ4v) is 4.21. The van der Waals surface area contributed by atoms with E-state index >= 15 is 0 Å². The van der Waals surface area contributed by atoms with Crippen LogP contribution in [-0.4, -0.2) is 34.1 Å². The lowest BCUT2D eigenvalue weighted by atomic mass is 9.89. The van der Waals surface area contributed by atoms with Gasteiger partial charge in [-0.15, -0.1) is 0 Å². The van der Waals surface area contributed by atoms with E-state index in [1.54, 1.807) is 0 Å². The molecule has 1 N–H and O–H groups in total. The SMILES string of the molecule is CCC(Cc1ccccc1)N1C2CCC1C(C(=O)O)C2. The van der Waals surface area contributed by atoms with Crippen molar-refractivity contribution in [3.63, 3.8) is 0 Å². The van der Waals surface area contributed by atoms with Crippen LogP contribution in [0.4, 0.5) is 0 Å². The smallest absolute Gasteiger partial charge is 0.308 e. The van der Waals surface area contributed by atoms with Gasteiger partial charge in [0.25, 0.3) is 0 Å². The normalized spacial score (nSPS) is 30.6. The second-order valence-corrected chi connectivity index (χ2v) is 6.18. The van der Waals surface area contributed by atoms with Crippen LogP contribution in [0, 0.1) is 5.92 Å². The Morgan fingerprint density at radius 1 is 1.35 bits per heavy atom. The summed E-state index contributed by atoms with van der Waals surface area (Å²) in [5.41, 5.74) is 1.36. The summed E-state index contributed by atoms with van der Waals surface area (Å²) in [6.45, 7) is 2.22. The number of rotatable bonds is 5. The standard InChI is InChI=1S/C17H23NO2/c1-2-13(10-12-6-4-3-5-7-12)18-14-8-9-16(18)15(11-14)17(19)20/h3-7,13-16H,2,8-11H2,1H3,(H,19,20). The molecule has 3 heteroatoms. The van der Waals surface area contributed by atoms with Gasteiger partial charge in [0.1, 0.15) is 0 Å². The summed E-state index contributed by atoms with van der Waals surface area (Å²) in [7, 11) is 0. The molecular weight excluding hydrogens is 250 g/mol. The van der Waals surface area contributed by atoms with Gasteiger partial charge in [-0.3, -0.25) is 9.69 Å². The van der Waals surface area contributed by atoms with Crippen LogP contribution in [0.5, 0.6) is 0 Å². The Labute approximate surface area is 120 Å². The van der Waals surface area contributed by atoms with E-state index in [0.29, 0.717) is 12.1 Å². The molecule has 3 nitrogen and oxygen atoms in total. The molecule has 0 spiro atoms. The molecule has 0 aliphatic carbocycles. The van der Waals surface area contributed by atoms with E-state index in [2.05, 4.69) is 36.1 Å². The first-order chi connectivity index (χ1) is 9.70. The van der Waals surface area contributed by atoms with Crippen LogP contribution < -0.4 is 0 Å². The van der Waals surface area contributed by atoms with Crippen molar-refractivity contribution in [3.05, 3.63) is 35.9 Å². The zero-order valence-corrected chi connectivity index (χ0v) is 12.0. The quantitative estimate of drug-likeness (QED) is 0.896. The maximum absolute atomic E-state index is 11.4. The summed E-state index contributed by atoms with van der Waals surface area (Å²) in [5.74, 6) is -0.740. The second-order valence-electron chi connectivity index (χ2n) is 6.18. The molecular formula is C17H23NO2. The first-order valence-corrected chi connectivity index (χ1v) is 7.75. The predicted molar refractivity (Wildman–Crippen MR) is 78.6 cm³/mol. The van der Waals surface area contributed by atoms with Gasteiger partial charge < -0.3 is 5.11 Å². The fourth-order valence-electron chi connectivity index (χ4n) is 4.21. The second kappa shape index (κ2) is 5.57. The predicted octanol–water partition coefficient (Wildman–Crippen LogP) is 2.95. The molecule has 1 aromatic rings. The minimum atomic E-state index is -0.600. The highest BCUT2D eigenvalue weighted by Gasteiger charge is 2.50. The van der Waals surface area contributed by atoms with Crippen molar-refractivity contribution in [2.45, 2.75) is 57.2 Å². The number of fused-ring (bicyclic) bond motifs is 2. The van der Waals surface area contributed by atoms with Gasteiger partial charge in [0, 0.05) is 18.1 Å². The number of carbonyl (C=O) groups is 1. The molecule has 2 saturated heterocycles. The van der Waals surface area contributed by atoms with Crippen LogP contribution in [-0.2, 0) is 11.2 Å². The van der Waals surface area contributed by atoms with Crippen LogP contribution in [0.2, 0.25) is 0 Å². The monoisotopic (exact) mass is 273 g/mol. The average Bonchev–Trinajstić information content (AvgIpc) is 3.03. The number of benzene rings is 1. The Kier molecular flexibility index (Phi) is 3.79. The molecule has 2 heterocycles. The highest BCUT2D eigenvalue weighted by Crippen LogP contribution is 2.44. The summed E-state index contributed by atoms with van der Waals surface area (Å²) in [6, 6.07) is 11.8. The molecule has 2 aliphatic heterocycles. The first-order valence-electron chi connectivity index (χ1n) is 7.75. The van der Waals surface area contributed by atoms with Crippen molar-refractivity contribution in [1.82, 2.24) is 4.90 Å². The van der Waals surface area contributed by atoms with E-state index in [1.807, 2.05) is 6.07 Å². The molecule has 1 aromatic carbocycles. The molecule has 0 amide bonds. The zero-order valence-electron chi connectivity index (χ0n) is 12.0. The van der Waals surface area contributed by atoms with E-state index in [-0.39, 0.29) is 12.0 Å². The molecule has 2 aliphatic rings. The Morgan fingerprint density at radius 3 is 2.70 bits per heavy atom. The molecule has 0 radical (unpaired) electrons. The van der Waals surface area contributed by atoms with Crippen LogP contribution in [0.25, 0.3) is 0 Å². The maximum atomic E-state index is 11.4. The number of nitrogens with zero attached hydrogens (tertiary/aromatic N) is 1. The fraction of sp³-hybridized carbons (Fsp3) is 0.588. The van der Waals surface area contributed by atoms with E-state index < -0.39 is 5.97 Å². The number of hydrogen-bond acceptors (Lipinski definition) is 2. The summed E-state index contributed by atoms with van der Waals surface area (Å²) in [5, 5.41) is 9.37. The lowest BCUT2D eigenvalue weighted by molar-refractivity contribution is -0.142. The highest BCUT2D eigenvalue weighted by molar-refractivity contribution is 5.71. The summed E-state index contributed by atoms with van der Waals surface area (Å²) < 4.78 is 0. The van der Waals surface area contributed by atoms with Crippen molar-refractivity contribution in [2.24, 2.45) is 5.92 Å². The highest BCUT2D eigenvalue weighted by atomic mass is 16.4. The number of carboxylic acids is 1. The number of aliphatic carboxylic acids is 1. The van der Waals surface area contributed by atoms with Gasteiger partial charge in [0.15, 0.2) is 0 Å². The van der Waals surface area contributed by atoms with E-state index in [4.69, 9.17) is 0 Å². The molecule has 4 unspecified atom stereocenters. The van der Waals surface area contributed by atoms with E-state index in [9.17, 15) is 9.90 Å². The molecule has 2 fully saturated rings. The summed E-state index contributed by atoms with van der Waals surface area (Å²) in [6.07, 6.45) is 5.23. The topological polar surface area (TPSA) is 40.5 Å². The number of hydrogen-bond donors (Lipinski definition) is 1. The van der Waals surface area contributed by atoms with E-state index in [0.717, 1.165) is 25.7 Å². The van der Waals surface area contributed by atoms with Gasteiger partial charge in [0.05, 0.1) is 5.92 Å². The van der Waals surface area contributed by atoms with Gasteiger partial charge in [-0.2, -0.15) is 0 Å². The first kappa shape index (κ1) is 13.6. The molecule has 2 bridgehead atoms. The summed E-state index contributed by atoms with van der Waals surface area (Å²) in [4.78, 5) is 13.9. The van der Waals surface area contributed by atoms with Crippen molar-refractivity contribution < 1.29 is 9.90 Å². The third kappa shape index (κ3) is 2.35. The Morgan fingerprint density at radius 2 is 2.10 bits per heavy atom. The van der Waals surface area contributed by atoms with E-state index in [1.165, 1.54) is 12.0 Å². The van der Waals surface area contributed by atoms with Crippen LogP contribution in [0.3, 0.4) is 0 Å². The lowest BCUT2D eigenvalue weighted by Crippen LogP contribution is -2.41. The van der Waals surface area contributed by atoms with Crippen molar-refractivity contribution in [2.75, 3.05) is 0 Å². The minimum Gasteiger partial charge on any atom is -0.481 e. The molecule has 0 aromatic heterocycles. The third-order valence-corrected chi connectivity index (χ3v) is 5.11. The van der Waals surface area contributed by atoms with Crippen LogP contribution in [0.1, 0.15) is 38.2 Å². The molecule has 20 heavy (non-hydrogen) atoms. The minimum absolute atomic E-state index is 0.140. The van der Waals surface area contributed by atoms with Gasteiger partial charge in [0.2, 0.25) is 0 Å². The molecule has 3 rings (SSSR count). The Bertz CT molecular complexity index is 473. The van der Waals surface area contributed by atoms with Gasteiger partial charge >= 0.3 is 5.97 Å². The Balaban J connectivity index is 1.75. The third-order valence-electron chi connectivity index (χ3n) is 5.11. The summed E-state index contributed by atoms with van der Waals surface area (Å²) >= 11 is 0. The zero-order chi connectivity index (χ0) is 14.1. The number of carboxylic acid groups (broad SMARTS) is 1. The van der Waals surface area contributed by atoms with Crippen molar-refractivity contribution in [3.8, 4) is 0 Å². The van der Waals surface area contributed by atoms with Crippen LogP contribution in [0.15, 0.2) is 30.3 Å². The van der Waals surface area contributed by atoms with Gasteiger partial charge in [-0.25, -0.2) is 0 Å². The average molecular weight is 273 g/mol. The van der Waals surface area contributed by atoms with Crippen molar-refractivity contribution >= 4 is 5.97 Å². The molecule has 4 atom stereocenters. The van der Waals surface area contributed by atoms with Crippen molar-refractivity contribution in [1.29, 1.82) is 0 Å². The van der Waals surface area contributed by atoms with Gasteiger partial charge in [-0.1, -0.05) is 37.3 Å². The molecule has 108 valence electrons. The maximum Gasteiger partial charge on any atom is 0.308 e.